The molecule has 1 fully saturated rings. The molecule has 2 aromatic rings. The minimum atomic E-state index is -6.32. The van der Waals surface area contributed by atoms with E-state index < -0.39 is 58.0 Å². The van der Waals surface area contributed by atoms with E-state index in [4.69, 9.17) is 33.7 Å². The van der Waals surface area contributed by atoms with Crippen molar-refractivity contribution in [3.8, 4) is 0 Å². The fourth-order valence-corrected chi connectivity index (χ4v) is 7.53. The number of halogens is 2. The number of hydrogen-bond acceptors (Lipinski definition) is 17. The third-order valence-electron chi connectivity index (χ3n) is 4.58. The SMILES string of the molecule is CCSc1nc(N)c2ncn([C@@H]3O[C@H](COP(=O)([O-])OP(=O)([O-])C(Cl)(Cl)P(=O)([O-])[O-])[C@@H](O)[C@H]3O)c2n1.[Na+].[Na+].[Na+].[Na+]. The Morgan fingerprint density at radius 1 is 1.12 bits per heavy atom. The van der Waals surface area contributed by atoms with Crippen molar-refractivity contribution in [3.63, 3.8) is 0 Å². The van der Waals surface area contributed by atoms with Crippen molar-refractivity contribution in [2.24, 2.45) is 0 Å². The number of phosphoric acid groups is 1. The molecule has 0 radical (unpaired) electrons. The van der Waals surface area contributed by atoms with Gasteiger partial charge in [-0.25, -0.2) is 15.0 Å². The number of nitrogens with two attached hydrogens (primary N) is 1. The number of nitrogen functional groups attached to an aromatic ring is 1. The van der Waals surface area contributed by atoms with Gasteiger partial charge in [0.15, 0.2) is 30.4 Å². The molecule has 3 heterocycles. The molecule has 0 saturated carbocycles. The van der Waals surface area contributed by atoms with E-state index in [-0.39, 0.29) is 135 Å². The number of ether oxygens (including phenoxy) is 1. The molecule has 1 aliphatic heterocycles. The number of phosphoric ester groups is 1. The van der Waals surface area contributed by atoms with Gasteiger partial charge in [-0.15, -0.1) is 0 Å². The predicted molar refractivity (Wildman–Crippen MR) is 116 cm³/mol. The first-order chi connectivity index (χ1) is 16.4. The van der Waals surface area contributed by atoms with Crippen LogP contribution in [0.4, 0.5) is 5.82 Å². The summed E-state index contributed by atoms with van der Waals surface area (Å²) < 4.78 is 45.2. The number of anilines is 1. The van der Waals surface area contributed by atoms with Crippen LogP contribution in [0.25, 0.3) is 11.2 Å². The molecule has 204 valence electrons. The Morgan fingerprint density at radius 2 is 1.70 bits per heavy atom. The molecule has 0 aliphatic carbocycles. The van der Waals surface area contributed by atoms with E-state index in [2.05, 4.69) is 23.8 Å². The molecule has 6 atom stereocenters. The van der Waals surface area contributed by atoms with E-state index >= 15 is 0 Å². The van der Waals surface area contributed by atoms with Gasteiger partial charge in [0.05, 0.1) is 12.9 Å². The zero-order valence-corrected chi connectivity index (χ0v) is 34.7. The van der Waals surface area contributed by atoms with Crippen molar-refractivity contribution in [3.05, 3.63) is 6.33 Å². The molecule has 3 rings (SSSR count). The first-order valence-corrected chi connectivity index (χ1v) is 15.7. The van der Waals surface area contributed by atoms with E-state index in [1.165, 1.54) is 22.7 Å². The second kappa shape index (κ2) is 17.7. The van der Waals surface area contributed by atoms with Crippen LogP contribution in [-0.4, -0.2) is 64.2 Å². The molecule has 0 spiro atoms. The largest absolute Gasteiger partial charge is 1.00 e. The van der Waals surface area contributed by atoms with Crippen molar-refractivity contribution >= 4 is 75.0 Å². The number of hydrogen-bond donors (Lipinski definition) is 3. The summed E-state index contributed by atoms with van der Waals surface area (Å²) in [6.07, 6.45) is -5.25. The van der Waals surface area contributed by atoms with Gasteiger partial charge in [-0.05, 0) is 13.3 Å². The number of aliphatic hydroxyl groups excluding tert-OH is 2. The summed E-state index contributed by atoms with van der Waals surface area (Å²) in [4.78, 5) is 58.1. The maximum absolute atomic E-state index is 11.9. The van der Waals surface area contributed by atoms with Gasteiger partial charge in [0, 0.05) is 0 Å². The van der Waals surface area contributed by atoms with E-state index in [0.29, 0.717) is 10.9 Å². The minimum absolute atomic E-state index is 0. The fourth-order valence-electron chi connectivity index (χ4n) is 2.91. The molecule has 2 unspecified atom stereocenters. The van der Waals surface area contributed by atoms with Crippen LogP contribution >= 0.6 is 58.0 Å². The Balaban J connectivity index is 0. The Morgan fingerprint density at radius 3 is 2.23 bits per heavy atom. The Hall–Kier alpha value is 3.61. The average Bonchev–Trinajstić information content (AvgIpc) is 3.27. The number of alkyl halides is 2. The molecule has 1 aliphatic rings. The number of aromatic nitrogens is 4. The molecule has 0 aromatic carbocycles. The molecule has 1 saturated heterocycles. The smallest absolute Gasteiger partial charge is 0.808 e. The Kier molecular flexibility index (Phi) is 20.2. The van der Waals surface area contributed by atoms with Gasteiger partial charge in [-0.3, -0.25) is 13.4 Å². The van der Waals surface area contributed by atoms with Crippen LogP contribution in [0.5, 0.6) is 0 Å². The average molecular weight is 722 g/mol. The zero-order chi connectivity index (χ0) is 27.3. The summed E-state index contributed by atoms with van der Waals surface area (Å²) >= 11 is 11.2. The van der Waals surface area contributed by atoms with E-state index in [0.717, 1.165) is 0 Å². The van der Waals surface area contributed by atoms with Crippen molar-refractivity contribution in [2.75, 3.05) is 18.1 Å². The standard InChI is InChI=1S/C13H20Cl2N5O12P3S.4Na/c1-2-36-12-18-9(16)6-10(19-12)20(4-17-6)11-8(22)7(21)5(31-11)3-30-35(28,29)32-34(26,27)13(14,15)33(23,24)25;;;;/h4-5,7-8,11,21-22H,2-3H2,1H3,(H,26,27)(H,28,29)(H2,16,18,19)(H2,23,24,25);;;;/q;4*+1/p-4/t5-,7-,8-,11-;;;;/m1..../s1. The van der Waals surface area contributed by atoms with Crippen molar-refractivity contribution in [1.82, 2.24) is 19.5 Å². The normalized spacial score (nSPS) is 24.0. The van der Waals surface area contributed by atoms with Crippen LogP contribution in [0.1, 0.15) is 13.2 Å². The molecule has 2 aromatic heterocycles. The zero-order valence-electron chi connectivity index (χ0n) is 21.6. The van der Waals surface area contributed by atoms with Gasteiger partial charge >= 0.3 is 118 Å². The molecule has 0 amide bonds. The monoisotopic (exact) mass is 721 g/mol. The maximum Gasteiger partial charge on any atom is 1.00 e. The van der Waals surface area contributed by atoms with Gasteiger partial charge in [-0.1, -0.05) is 41.9 Å². The maximum atomic E-state index is 11.9. The molecule has 40 heavy (non-hydrogen) atoms. The third kappa shape index (κ3) is 10.3. The number of imidazole rings is 1. The van der Waals surface area contributed by atoms with Gasteiger partial charge in [0.25, 0.3) is 7.82 Å². The molecular formula is C13H16Cl2N5Na4O12P3S. The molecule has 27 heteroatoms. The fraction of sp³-hybridized carbons (Fsp3) is 0.615. The second-order valence-corrected chi connectivity index (χ2v) is 16.1. The van der Waals surface area contributed by atoms with Crippen molar-refractivity contribution in [2.45, 2.75) is 40.4 Å². The summed E-state index contributed by atoms with van der Waals surface area (Å²) in [6, 6.07) is 0. The van der Waals surface area contributed by atoms with Crippen molar-refractivity contribution in [1.29, 1.82) is 0 Å². The molecule has 17 nitrogen and oxygen atoms in total. The Bertz CT molecular complexity index is 1300. The van der Waals surface area contributed by atoms with Crippen LogP contribution in [0, 0.1) is 0 Å². The number of thioether (sulfide) groups is 1. The van der Waals surface area contributed by atoms with Gasteiger partial charge in [0.1, 0.15) is 23.8 Å². The van der Waals surface area contributed by atoms with Crippen LogP contribution in [0.3, 0.4) is 0 Å². The quantitative estimate of drug-likeness (QED) is 0.0675. The summed E-state index contributed by atoms with van der Waals surface area (Å²) in [7, 11) is -18.6. The topological polar surface area (TPSA) is 281 Å². The van der Waals surface area contributed by atoms with Crippen LogP contribution in [0.15, 0.2) is 11.5 Å². The Labute approximate surface area is 329 Å². The molecule has 0 bridgehead atoms. The van der Waals surface area contributed by atoms with Crippen molar-refractivity contribution < 1.29 is 175 Å². The van der Waals surface area contributed by atoms with Crippen LogP contribution < -0.4 is 144 Å². The van der Waals surface area contributed by atoms with E-state index in [9.17, 15) is 43.5 Å². The van der Waals surface area contributed by atoms with Crippen LogP contribution in [-0.2, 0) is 27.3 Å². The summed E-state index contributed by atoms with van der Waals surface area (Å²) in [5.41, 5.74) is 6.16. The van der Waals surface area contributed by atoms with Gasteiger partial charge < -0.3 is 53.9 Å². The van der Waals surface area contributed by atoms with Gasteiger partial charge in [0.2, 0.25) is 3.82 Å². The van der Waals surface area contributed by atoms with Gasteiger partial charge in [-0.2, -0.15) is 0 Å². The predicted octanol–water partition coefficient (Wildman–Crippen LogP) is -13.8. The molecular weight excluding hydrogens is 706 g/mol. The summed E-state index contributed by atoms with van der Waals surface area (Å²) in [5, 5.41) is 21.0. The minimum Gasteiger partial charge on any atom is -0.808 e. The number of fused-ring (bicyclic) bond motifs is 1. The first-order valence-electron chi connectivity index (χ1n) is 9.44. The first kappa shape index (κ1) is 45.7. The van der Waals surface area contributed by atoms with E-state index in [1.807, 2.05) is 6.92 Å². The third-order valence-corrected chi connectivity index (χ3v) is 12.7. The second-order valence-electron chi connectivity index (χ2n) is 7.02. The summed E-state index contributed by atoms with van der Waals surface area (Å²) in [6.45, 7) is 0.723. The summed E-state index contributed by atoms with van der Waals surface area (Å²) in [5.74, 6) is 0.646. The number of aliphatic hydroxyl groups is 2. The number of nitrogens with zero attached hydrogens (tertiary/aromatic N) is 4. The van der Waals surface area contributed by atoms with Crippen LogP contribution in [0.2, 0.25) is 0 Å². The number of rotatable bonds is 10. The van der Waals surface area contributed by atoms with E-state index in [1.54, 1.807) is 0 Å². The molecule has 4 N–H and O–H groups in total.